The van der Waals surface area contributed by atoms with E-state index in [-0.39, 0.29) is 5.60 Å². The van der Waals surface area contributed by atoms with Crippen LogP contribution in [0.2, 0.25) is 0 Å². The summed E-state index contributed by atoms with van der Waals surface area (Å²) in [5, 5.41) is 3.56. The first-order chi connectivity index (χ1) is 9.86. The van der Waals surface area contributed by atoms with Crippen LogP contribution in [0.5, 0.6) is 0 Å². The van der Waals surface area contributed by atoms with Gasteiger partial charge in [0, 0.05) is 23.7 Å². The van der Waals surface area contributed by atoms with Gasteiger partial charge in [-0.15, -0.1) is 11.8 Å². The Bertz CT molecular complexity index is 403. The van der Waals surface area contributed by atoms with E-state index in [2.05, 4.69) is 35.6 Å². The van der Waals surface area contributed by atoms with E-state index in [4.69, 9.17) is 4.74 Å². The fraction of sp³-hybridized carbons (Fsp3) is 0.647. The first-order valence-electron chi connectivity index (χ1n) is 7.93. The largest absolute Gasteiger partial charge is 0.370 e. The van der Waals surface area contributed by atoms with Crippen molar-refractivity contribution < 1.29 is 4.74 Å². The highest BCUT2D eigenvalue weighted by Crippen LogP contribution is 2.43. The maximum atomic E-state index is 6.31. The van der Waals surface area contributed by atoms with Crippen molar-refractivity contribution in [2.24, 2.45) is 0 Å². The molecule has 3 rings (SSSR count). The molecule has 1 spiro atoms. The summed E-state index contributed by atoms with van der Waals surface area (Å²) in [5.74, 6) is 1.13. The summed E-state index contributed by atoms with van der Waals surface area (Å²) in [6, 6.07) is 10.6. The first kappa shape index (κ1) is 14.4. The Morgan fingerprint density at radius 1 is 1.15 bits per heavy atom. The van der Waals surface area contributed by atoms with Gasteiger partial charge in [0.15, 0.2) is 0 Å². The van der Waals surface area contributed by atoms with Gasteiger partial charge in [0.25, 0.3) is 0 Å². The Balaban J connectivity index is 1.29. The third kappa shape index (κ3) is 3.78. The van der Waals surface area contributed by atoms with Crippen molar-refractivity contribution in [1.29, 1.82) is 0 Å². The van der Waals surface area contributed by atoms with E-state index < -0.39 is 0 Å². The fourth-order valence-corrected chi connectivity index (χ4v) is 4.28. The van der Waals surface area contributed by atoms with Gasteiger partial charge in [-0.05, 0) is 37.8 Å². The number of hydrogen-bond donors (Lipinski definition) is 1. The number of hydrogen-bond acceptors (Lipinski definition) is 3. The molecule has 2 nitrogen and oxygen atoms in total. The number of rotatable bonds is 6. The highest BCUT2D eigenvalue weighted by Gasteiger charge is 2.41. The van der Waals surface area contributed by atoms with Crippen LogP contribution >= 0.6 is 11.8 Å². The average molecular weight is 291 g/mol. The van der Waals surface area contributed by atoms with Crippen LogP contribution in [0.3, 0.4) is 0 Å². The molecule has 0 amide bonds. The minimum absolute atomic E-state index is 0.283. The molecule has 3 heteroatoms. The quantitative estimate of drug-likeness (QED) is 0.635. The minimum Gasteiger partial charge on any atom is -0.370 e. The zero-order valence-electron chi connectivity index (χ0n) is 12.1. The third-order valence-corrected chi connectivity index (χ3v) is 5.53. The second-order valence-electron chi connectivity index (χ2n) is 6.03. The molecule has 1 unspecified atom stereocenters. The molecule has 110 valence electrons. The molecule has 1 saturated carbocycles. The zero-order chi connectivity index (χ0) is 13.7. The summed E-state index contributed by atoms with van der Waals surface area (Å²) < 4.78 is 6.31. The standard InChI is InChI=1S/C17H25NOS/c1-2-6-16(7-3-1)20-13-12-18-14-15-8-11-17(19-15)9-4-5-10-17/h1-3,6-7,15,18H,4-5,8-14H2. The Hall–Kier alpha value is -0.510. The van der Waals surface area contributed by atoms with Crippen molar-refractivity contribution in [2.45, 2.75) is 55.1 Å². The van der Waals surface area contributed by atoms with Crippen molar-refractivity contribution >= 4 is 11.8 Å². The first-order valence-corrected chi connectivity index (χ1v) is 8.91. The zero-order valence-corrected chi connectivity index (χ0v) is 13.0. The molecule has 1 aliphatic heterocycles. The Kier molecular flexibility index (Phi) is 5.03. The summed E-state index contributed by atoms with van der Waals surface area (Å²) in [4.78, 5) is 1.36. The van der Waals surface area contributed by atoms with Gasteiger partial charge in [0.05, 0.1) is 11.7 Å². The lowest BCUT2D eigenvalue weighted by Crippen LogP contribution is -2.31. The van der Waals surface area contributed by atoms with Gasteiger partial charge in [-0.1, -0.05) is 31.0 Å². The van der Waals surface area contributed by atoms with Gasteiger partial charge in [-0.3, -0.25) is 0 Å². The smallest absolute Gasteiger partial charge is 0.0708 e. The maximum absolute atomic E-state index is 6.31. The molecule has 1 aromatic rings. The van der Waals surface area contributed by atoms with Crippen molar-refractivity contribution in [2.75, 3.05) is 18.8 Å². The predicted octanol–water partition coefficient (Wildman–Crippen LogP) is 3.86. The molecule has 0 bridgehead atoms. The summed E-state index contributed by atoms with van der Waals surface area (Å²) in [6.07, 6.45) is 8.33. The van der Waals surface area contributed by atoms with E-state index in [0.717, 1.165) is 18.8 Å². The van der Waals surface area contributed by atoms with E-state index in [9.17, 15) is 0 Å². The van der Waals surface area contributed by atoms with Crippen LogP contribution in [0.25, 0.3) is 0 Å². The van der Waals surface area contributed by atoms with Gasteiger partial charge in [-0.25, -0.2) is 0 Å². The Morgan fingerprint density at radius 2 is 1.95 bits per heavy atom. The minimum atomic E-state index is 0.283. The lowest BCUT2D eigenvalue weighted by molar-refractivity contribution is -0.0348. The lowest BCUT2D eigenvalue weighted by atomic mass is 9.98. The summed E-state index contributed by atoms with van der Waals surface area (Å²) in [5.41, 5.74) is 0.283. The fourth-order valence-electron chi connectivity index (χ4n) is 3.45. The van der Waals surface area contributed by atoms with E-state index >= 15 is 0 Å². The van der Waals surface area contributed by atoms with Crippen LogP contribution in [-0.2, 0) is 4.74 Å². The van der Waals surface area contributed by atoms with Crippen LogP contribution < -0.4 is 5.32 Å². The van der Waals surface area contributed by atoms with Crippen LogP contribution in [0.15, 0.2) is 35.2 Å². The molecule has 20 heavy (non-hydrogen) atoms. The number of thioether (sulfide) groups is 1. The number of nitrogens with one attached hydrogen (secondary N) is 1. The van der Waals surface area contributed by atoms with Crippen molar-refractivity contribution in [1.82, 2.24) is 5.32 Å². The van der Waals surface area contributed by atoms with Gasteiger partial charge in [0.1, 0.15) is 0 Å². The van der Waals surface area contributed by atoms with Gasteiger partial charge in [0.2, 0.25) is 0 Å². The highest BCUT2D eigenvalue weighted by molar-refractivity contribution is 7.99. The van der Waals surface area contributed by atoms with Crippen LogP contribution in [0.1, 0.15) is 38.5 Å². The van der Waals surface area contributed by atoms with Gasteiger partial charge >= 0.3 is 0 Å². The molecule has 1 atom stereocenters. The number of ether oxygens (including phenoxy) is 1. The molecule has 1 heterocycles. The maximum Gasteiger partial charge on any atom is 0.0708 e. The van der Waals surface area contributed by atoms with Crippen LogP contribution in [-0.4, -0.2) is 30.5 Å². The molecule has 2 aliphatic rings. The molecule has 1 aliphatic carbocycles. The average Bonchev–Trinajstić information content (AvgIpc) is 3.10. The second-order valence-corrected chi connectivity index (χ2v) is 7.20. The van der Waals surface area contributed by atoms with Crippen LogP contribution in [0.4, 0.5) is 0 Å². The molecule has 1 aromatic carbocycles. The Morgan fingerprint density at radius 3 is 2.75 bits per heavy atom. The summed E-state index contributed by atoms with van der Waals surface area (Å²) in [7, 11) is 0. The number of benzene rings is 1. The summed E-state index contributed by atoms with van der Waals surface area (Å²) in [6.45, 7) is 2.09. The second kappa shape index (κ2) is 6.97. The van der Waals surface area contributed by atoms with E-state index in [1.54, 1.807) is 0 Å². The normalized spacial score (nSPS) is 24.5. The van der Waals surface area contributed by atoms with Crippen molar-refractivity contribution in [3.63, 3.8) is 0 Å². The van der Waals surface area contributed by atoms with Gasteiger partial charge < -0.3 is 10.1 Å². The SMILES string of the molecule is c1ccc(SCCNCC2CCC3(CCCC3)O2)cc1. The van der Waals surface area contributed by atoms with Crippen molar-refractivity contribution in [3.05, 3.63) is 30.3 Å². The van der Waals surface area contributed by atoms with E-state index in [0.29, 0.717) is 6.10 Å². The Labute approximate surface area is 126 Å². The molecule has 2 fully saturated rings. The molecule has 0 aromatic heterocycles. The van der Waals surface area contributed by atoms with Crippen LogP contribution in [0, 0.1) is 0 Å². The molecular weight excluding hydrogens is 266 g/mol. The predicted molar refractivity (Wildman–Crippen MR) is 85.3 cm³/mol. The highest BCUT2D eigenvalue weighted by atomic mass is 32.2. The molecule has 1 saturated heterocycles. The monoisotopic (exact) mass is 291 g/mol. The summed E-state index contributed by atoms with van der Waals surface area (Å²) >= 11 is 1.92. The van der Waals surface area contributed by atoms with Crippen molar-refractivity contribution in [3.8, 4) is 0 Å². The third-order valence-electron chi connectivity index (χ3n) is 4.52. The molecular formula is C17H25NOS. The molecule has 1 N–H and O–H groups in total. The van der Waals surface area contributed by atoms with Gasteiger partial charge in [-0.2, -0.15) is 0 Å². The topological polar surface area (TPSA) is 21.3 Å². The lowest BCUT2D eigenvalue weighted by Gasteiger charge is -2.23. The van der Waals surface area contributed by atoms with E-state index in [1.165, 1.54) is 43.4 Å². The molecule has 0 radical (unpaired) electrons. The van der Waals surface area contributed by atoms with E-state index in [1.807, 2.05) is 11.8 Å².